The second-order valence-corrected chi connectivity index (χ2v) is 7.11. The number of halogens is 3. The molecule has 0 spiro atoms. The van der Waals surface area contributed by atoms with E-state index in [1.165, 1.54) is 0 Å². The molecule has 2 aromatic carbocycles. The SMILES string of the molecule is CCN(CC)C(CNC(=O)c1cc(OCC(F)(F)F)ccc1[N+](=O)[O-])Cc1ccccc1. The minimum absolute atomic E-state index is 0.0694. The minimum Gasteiger partial charge on any atom is -0.484 e. The number of nitro groups is 1. The number of likely N-dealkylation sites (N-methyl/N-ethyl adjacent to an activating group) is 1. The van der Waals surface area contributed by atoms with Crippen molar-refractivity contribution in [3.8, 4) is 5.75 Å². The molecule has 0 fully saturated rings. The highest BCUT2D eigenvalue weighted by atomic mass is 19.4. The number of rotatable bonds is 11. The third-order valence-corrected chi connectivity index (χ3v) is 4.95. The molecule has 0 heterocycles. The van der Waals surface area contributed by atoms with Crippen LogP contribution in [0, 0.1) is 10.1 Å². The molecule has 0 aliphatic carbocycles. The van der Waals surface area contributed by atoms with Crippen molar-refractivity contribution in [2.75, 3.05) is 26.2 Å². The summed E-state index contributed by atoms with van der Waals surface area (Å²) in [4.78, 5) is 25.5. The van der Waals surface area contributed by atoms with Crippen LogP contribution in [0.1, 0.15) is 29.8 Å². The van der Waals surface area contributed by atoms with Gasteiger partial charge in [0.15, 0.2) is 6.61 Å². The number of benzene rings is 2. The van der Waals surface area contributed by atoms with Crippen LogP contribution in [-0.2, 0) is 6.42 Å². The fraction of sp³-hybridized carbons (Fsp3) is 0.409. The summed E-state index contributed by atoms with van der Waals surface area (Å²) >= 11 is 0. The van der Waals surface area contributed by atoms with Gasteiger partial charge in [-0.2, -0.15) is 13.2 Å². The lowest BCUT2D eigenvalue weighted by Crippen LogP contribution is -2.45. The van der Waals surface area contributed by atoms with Crippen molar-refractivity contribution in [2.45, 2.75) is 32.5 Å². The number of nitrogens with one attached hydrogen (secondary N) is 1. The quantitative estimate of drug-likeness (QED) is 0.407. The maximum Gasteiger partial charge on any atom is 0.422 e. The normalized spacial score (nSPS) is 12.4. The zero-order valence-corrected chi connectivity index (χ0v) is 17.9. The van der Waals surface area contributed by atoms with Gasteiger partial charge in [0.25, 0.3) is 11.6 Å². The molecule has 2 rings (SSSR count). The van der Waals surface area contributed by atoms with E-state index in [-0.39, 0.29) is 23.9 Å². The van der Waals surface area contributed by atoms with Gasteiger partial charge in [-0.25, -0.2) is 0 Å². The molecular weight excluding hydrogens is 427 g/mol. The standard InChI is InChI=1S/C22H26F3N3O4/c1-3-27(4-2)17(12-16-8-6-5-7-9-16)14-26-21(29)19-13-18(32-15-22(23,24)25)10-11-20(19)28(30)31/h5-11,13,17H,3-4,12,14-15H2,1-2H3,(H,26,29). The predicted molar refractivity (Wildman–Crippen MR) is 114 cm³/mol. The van der Waals surface area contributed by atoms with Crippen LogP contribution in [-0.4, -0.2) is 54.2 Å². The Morgan fingerprint density at radius 1 is 1.16 bits per heavy atom. The van der Waals surface area contributed by atoms with E-state index in [0.717, 1.165) is 36.9 Å². The summed E-state index contributed by atoms with van der Waals surface area (Å²) < 4.78 is 41.9. The lowest BCUT2D eigenvalue weighted by atomic mass is 10.0. The van der Waals surface area contributed by atoms with Gasteiger partial charge in [-0.3, -0.25) is 19.8 Å². The van der Waals surface area contributed by atoms with Gasteiger partial charge in [-0.1, -0.05) is 44.2 Å². The topological polar surface area (TPSA) is 84.7 Å². The molecule has 1 N–H and O–H groups in total. The second-order valence-electron chi connectivity index (χ2n) is 7.11. The second kappa shape index (κ2) is 11.5. The smallest absolute Gasteiger partial charge is 0.422 e. The summed E-state index contributed by atoms with van der Waals surface area (Å²) in [6, 6.07) is 12.6. The Balaban J connectivity index is 2.19. The van der Waals surface area contributed by atoms with E-state index in [1.54, 1.807) is 0 Å². The van der Waals surface area contributed by atoms with Crippen molar-refractivity contribution in [3.63, 3.8) is 0 Å². The van der Waals surface area contributed by atoms with Gasteiger partial charge < -0.3 is 10.1 Å². The first-order valence-electron chi connectivity index (χ1n) is 10.2. The van der Waals surface area contributed by atoms with E-state index in [0.29, 0.717) is 6.42 Å². The molecule has 1 amide bonds. The maximum atomic E-state index is 12.8. The zero-order valence-electron chi connectivity index (χ0n) is 17.9. The van der Waals surface area contributed by atoms with Crippen LogP contribution in [0.4, 0.5) is 18.9 Å². The predicted octanol–water partition coefficient (Wildman–Crippen LogP) is 4.22. The first kappa shape index (κ1) is 25.1. The van der Waals surface area contributed by atoms with Crippen molar-refractivity contribution in [2.24, 2.45) is 0 Å². The number of alkyl halides is 3. The Morgan fingerprint density at radius 3 is 2.38 bits per heavy atom. The highest BCUT2D eigenvalue weighted by molar-refractivity contribution is 5.98. The molecule has 7 nitrogen and oxygen atoms in total. The van der Waals surface area contributed by atoms with E-state index in [9.17, 15) is 28.1 Å². The minimum atomic E-state index is -4.57. The summed E-state index contributed by atoms with van der Waals surface area (Å²) in [6.07, 6.45) is -3.92. The molecule has 0 aromatic heterocycles. The molecule has 174 valence electrons. The molecule has 0 aliphatic rings. The maximum absolute atomic E-state index is 12.8. The molecule has 0 bridgehead atoms. The number of carbonyl (C=O) groups is 1. The molecule has 0 saturated carbocycles. The number of nitro benzene ring substituents is 1. The molecule has 10 heteroatoms. The lowest BCUT2D eigenvalue weighted by molar-refractivity contribution is -0.385. The van der Waals surface area contributed by atoms with Crippen LogP contribution < -0.4 is 10.1 Å². The summed E-state index contributed by atoms with van der Waals surface area (Å²) in [5, 5.41) is 14.0. The number of hydrogen-bond donors (Lipinski definition) is 1. The molecule has 1 unspecified atom stereocenters. The third kappa shape index (κ3) is 7.52. The van der Waals surface area contributed by atoms with Gasteiger partial charge in [0.05, 0.1) is 4.92 Å². The van der Waals surface area contributed by atoms with E-state index < -0.39 is 29.3 Å². The average Bonchev–Trinajstić information content (AvgIpc) is 2.76. The molecule has 0 saturated heterocycles. The van der Waals surface area contributed by atoms with Gasteiger partial charge >= 0.3 is 6.18 Å². The number of hydrogen-bond acceptors (Lipinski definition) is 5. The Bertz CT molecular complexity index is 903. The molecule has 0 radical (unpaired) electrons. The van der Waals surface area contributed by atoms with E-state index in [2.05, 4.69) is 15.0 Å². The first-order chi connectivity index (χ1) is 15.1. The van der Waals surface area contributed by atoms with Gasteiger partial charge in [-0.15, -0.1) is 0 Å². The number of carbonyl (C=O) groups excluding carboxylic acids is 1. The lowest BCUT2D eigenvalue weighted by Gasteiger charge is -2.30. The molecular formula is C22H26F3N3O4. The van der Waals surface area contributed by atoms with Gasteiger partial charge in [0, 0.05) is 18.7 Å². The fourth-order valence-electron chi connectivity index (χ4n) is 3.37. The Labute approximate surface area is 184 Å². The van der Waals surface area contributed by atoms with E-state index in [1.807, 2.05) is 44.2 Å². The first-order valence-corrected chi connectivity index (χ1v) is 10.2. The fourth-order valence-corrected chi connectivity index (χ4v) is 3.37. The van der Waals surface area contributed by atoms with Crippen LogP contribution in [0.15, 0.2) is 48.5 Å². The highest BCUT2D eigenvalue weighted by Crippen LogP contribution is 2.26. The van der Waals surface area contributed by atoms with Crippen LogP contribution >= 0.6 is 0 Å². The Morgan fingerprint density at radius 2 is 1.81 bits per heavy atom. The molecule has 2 aromatic rings. The third-order valence-electron chi connectivity index (χ3n) is 4.95. The van der Waals surface area contributed by atoms with Crippen LogP contribution in [0.25, 0.3) is 0 Å². The zero-order chi connectivity index (χ0) is 23.7. The molecule has 0 aliphatic heterocycles. The summed E-state index contributed by atoms with van der Waals surface area (Å²) in [7, 11) is 0. The van der Waals surface area contributed by atoms with Crippen molar-refractivity contribution in [3.05, 3.63) is 69.8 Å². The van der Waals surface area contributed by atoms with Gasteiger partial charge in [0.1, 0.15) is 11.3 Å². The van der Waals surface area contributed by atoms with Crippen LogP contribution in [0.2, 0.25) is 0 Å². The van der Waals surface area contributed by atoms with Gasteiger partial charge in [0.2, 0.25) is 0 Å². The number of amides is 1. The Kier molecular flexibility index (Phi) is 9.01. The number of nitrogens with zero attached hydrogens (tertiary/aromatic N) is 2. The highest BCUT2D eigenvalue weighted by Gasteiger charge is 2.29. The van der Waals surface area contributed by atoms with Crippen LogP contribution in [0.5, 0.6) is 5.75 Å². The number of ether oxygens (including phenoxy) is 1. The molecule has 32 heavy (non-hydrogen) atoms. The molecule has 1 atom stereocenters. The summed E-state index contributed by atoms with van der Waals surface area (Å²) in [5.41, 5.74) is 0.212. The van der Waals surface area contributed by atoms with Crippen molar-refractivity contribution >= 4 is 11.6 Å². The monoisotopic (exact) mass is 453 g/mol. The van der Waals surface area contributed by atoms with Crippen molar-refractivity contribution in [1.29, 1.82) is 0 Å². The van der Waals surface area contributed by atoms with Crippen molar-refractivity contribution < 1.29 is 27.6 Å². The van der Waals surface area contributed by atoms with E-state index >= 15 is 0 Å². The average molecular weight is 453 g/mol. The largest absolute Gasteiger partial charge is 0.484 e. The summed E-state index contributed by atoms with van der Waals surface area (Å²) in [5.74, 6) is -1.03. The summed E-state index contributed by atoms with van der Waals surface area (Å²) in [6.45, 7) is 4.12. The van der Waals surface area contributed by atoms with Crippen LogP contribution in [0.3, 0.4) is 0 Å². The van der Waals surface area contributed by atoms with Gasteiger partial charge in [-0.05, 0) is 37.2 Å². The Hall–Kier alpha value is -3.14. The van der Waals surface area contributed by atoms with Crippen molar-refractivity contribution in [1.82, 2.24) is 10.2 Å². The van der Waals surface area contributed by atoms with E-state index in [4.69, 9.17) is 0 Å².